The van der Waals surface area contributed by atoms with Gasteiger partial charge in [-0.25, -0.2) is 14.2 Å². The zero-order valence-electron chi connectivity index (χ0n) is 17.4. The van der Waals surface area contributed by atoms with Gasteiger partial charge in [0.05, 0.1) is 42.0 Å². The molecule has 1 aliphatic heterocycles. The second-order valence-corrected chi connectivity index (χ2v) is 7.73. The van der Waals surface area contributed by atoms with Crippen LogP contribution in [0.25, 0.3) is 5.69 Å². The first-order valence-corrected chi connectivity index (χ1v) is 10.2. The Morgan fingerprint density at radius 2 is 1.97 bits per heavy atom. The summed E-state index contributed by atoms with van der Waals surface area (Å²) < 4.78 is 18.7. The van der Waals surface area contributed by atoms with Crippen LogP contribution >= 0.6 is 0 Å². The predicted octanol–water partition coefficient (Wildman–Crippen LogP) is 2.82. The van der Waals surface area contributed by atoms with Gasteiger partial charge in [-0.1, -0.05) is 0 Å². The first kappa shape index (κ1) is 21.4. The number of carbonyl (C=O) groups excluding carboxylic acids is 1. The molecule has 2 atom stereocenters. The molecular formula is C22H22FN5O4. The Balaban J connectivity index is 1.55. The number of nitrogens with zero attached hydrogens (tertiary/aromatic N) is 5. The molecular weight excluding hydrogens is 417 g/mol. The van der Waals surface area contributed by atoms with Crippen LogP contribution in [0.5, 0.6) is 5.88 Å². The second kappa shape index (κ2) is 9.13. The molecule has 0 bridgehead atoms. The number of aromatic carboxylic acids is 1. The number of piperidine rings is 1. The van der Waals surface area contributed by atoms with Crippen LogP contribution < -0.4 is 4.74 Å². The molecule has 10 heteroatoms. The van der Waals surface area contributed by atoms with Gasteiger partial charge in [-0.3, -0.25) is 4.79 Å². The van der Waals surface area contributed by atoms with Gasteiger partial charge in [0.15, 0.2) is 0 Å². The summed E-state index contributed by atoms with van der Waals surface area (Å²) in [4.78, 5) is 31.9. The molecule has 32 heavy (non-hydrogen) atoms. The Bertz CT molecular complexity index is 1100. The molecule has 3 aromatic rings. The average Bonchev–Trinajstić information content (AvgIpc) is 3.33. The number of benzene rings is 1. The monoisotopic (exact) mass is 439 g/mol. The fraction of sp³-hybridized carbons (Fsp3) is 0.318. The molecule has 0 aliphatic carbocycles. The number of hydrogen-bond acceptors (Lipinski definition) is 6. The van der Waals surface area contributed by atoms with Crippen LogP contribution in [0.4, 0.5) is 4.39 Å². The molecule has 1 N–H and O–H groups in total. The molecule has 0 radical (unpaired) electrons. The van der Waals surface area contributed by atoms with Gasteiger partial charge in [0.2, 0.25) is 5.88 Å². The molecule has 3 heterocycles. The lowest BCUT2D eigenvalue weighted by Crippen LogP contribution is -2.47. The van der Waals surface area contributed by atoms with E-state index in [-0.39, 0.29) is 29.0 Å². The van der Waals surface area contributed by atoms with Crippen molar-refractivity contribution < 1.29 is 23.8 Å². The number of rotatable bonds is 6. The number of carboxylic acids is 1. The molecule has 1 amide bonds. The highest BCUT2D eigenvalue weighted by Crippen LogP contribution is 2.27. The third-order valence-corrected chi connectivity index (χ3v) is 5.52. The molecule has 0 unspecified atom stereocenters. The summed E-state index contributed by atoms with van der Waals surface area (Å²) in [7, 11) is 0. The number of carboxylic acid groups (broad SMARTS) is 1. The van der Waals surface area contributed by atoms with Crippen molar-refractivity contribution in [1.82, 2.24) is 24.9 Å². The zero-order valence-corrected chi connectivity index (χ0v) is 17.4. The van der Waals surface area contributed by atoms with E-state index in [0.29, 0.717) is 24.7 Å². The van der Waals surface area contributed by atoms with Crippen molar-refractivity contribution >= 4 is 11.9 Å². The Morgan fingerprint density at radius 3 is 2.66 bits per heavy atom. The van der Waals surface area contributed by atoms with E-state index in [4.69, 9.17) is 4.74 Å². The molecule has 1 fully saturated rings. The van der Waals surface area contributed by atoms with Crippen molar-refractivity contribution in [3.63, 3.8) is 0 Å². The largest absolute Gasteiger partial charge is 0.478 e. The van der Waals surface area contributed by atoms with Crippen molar-refractivity contribution in [1.29, 1.82) is 0 Å². The summed E-state index contributed by atoms with van der Waals surface area (Å²) in [5, 5.41) is 17.6. The molecule has 1 saturated heterocycles. The van der Waals surface area contributed by atoms with E-state index in [0.717, 1.165) is 19.0 Å². The highest BCUT2D eigenvalue weighted by atomic mass is 19.1. The summed E-state index contributed by atoms with van der Waals surface area (Å²) in [6.07, 6.45) is 5.69. The smallest absolute Gasteiger partial charge is 0.335 e. The van der Waals surface area contributed by atoms with Gasteiger partial charge in [-0.2, -0.15) is 15.0 Å². The van der Waals surface area contributed by atoms with Crippen LogP contribution in [0.15, 0.2) is 48.9 Å². The highest BCUT2D eigenvalue weighted by molar-refractivity contribution is 6.00. The summed E-state index contributed by atoms with van der Waals surface area (Å²) >= 11 is 0. The van der Waals surface area contributed by atoms with Crippen LogP contribution in [0.3, 0.4) is 0 Å². The van der Waals surface area contributed by atoms with E-state index >= 15 is 0 Å². The average molecular weight is 439 g/mol. The van der Waals surface area contributed by atoms with Crippen molar-refractivity contribution in [3.8, 4) is 11.6 Å². The van der Waals surface area contributed by atoms with Gasteiger partial charge in [0, 0.05) is 24.6 Å². The van der Waals surface area contributed by atoms with Crippen LogP contribution in [0, 0.1) is 11.7 Å². The standard InChI is InChI=1S/C22H22FN5O4/c1-14-2-3-15(13-32-20-7-5-17(23)11-24-20)12-27(14)21(29)18-10-16(22(30)31)4-6-19(18)28-25-8-9-26-28/h4-11,14-15H,2-3,12-13H2,1H3,(H,30,31)/t14-,15-/m1/s1. The van der Waals surface area contributed by atoms with Crippen molar-refractivity contribution in [2.75, 3.05) is 13.2 Å². The zero-order chi connectivity index (χ0) is 22.7. The fourth-order valence-electron chi connectivity index (χ4n) is 3.76. The van der Waals surface area contributed by atoms with E-state index in [9.17, 15) is 19.1 Å². The molecule has 166 valence electrons. The number of hydrogen-bond donors (Lipinski definition) is 1. The fourth-order valence-corrected chi connectivity index (χ4v) is 3.76. The number of carbonyl (C=O) groups is 2. The van der Waals surface area contributed by atoms with E-state index in [1.165, 1.54) is 47.5 Å². The maximum Gasteiger partial charge on any atom is 0.335 e. The topological polar surface area (TPSA) is 110 Å². The molecule has 4 rings (SSSR count). The molecule has 0 spiro atoms. The minimum absolute atomic E-state index is 0.0104. The maximum atomic E-state index is 13.5. The van der Waals surface area contributed by atoms with E-state index < -0.39 is 11.8 Å². The van der Waals surface area contributed by atoms with Crippen LogP contribution in [0.1, 0.15) is 40.5 Å². The Hall–Kier alpha value is -3.82. The minimum atomic E-state index is -1.12. The number of aromatic nitrogens is 4. The van der Waals surface area contributed by atoms with Gasteiger partial charge in [-0.05, 0) is 44.0 Å². The molecule has 0 saturated carbocycles. The van der Waals surface area contributed by atoms with Crippen LogP contribution in [-0.4, -0.2) is 61.1 Å². The lowest BCUT2D eigenvalue weighted by atomic mass is 9.93. The molecule has 1 aromatic carbocycles. The molecule has 9 nitrogen and oxygen atoms in total. The number of ether oxygens (including phenoxy) is 1. The molecule has 1 aliphatic rings. The Labute approximate surface area is 183 Å². The van der Waals surface area contributed by atoms with Gasteiger partial charge < -0.3 is 14.7 Å². The van der Waals surface area contributed by atoms with E-state index in [1.54, 1.807) is 4.90 Å². The number of pyridine rings is 1. The third kappa shape index (κ3) is 4.58. The van der Waals surface area contributed by atoms with Gasteiger partial charge in [-0.15, -0.1) is 0 Å². The third-order valence-electron chi connectivity index (χ3n) is 5.52. The maximum absolute atomic E-state index is 13.5. The number of likely N-dealkylation sites (tertiary alicyclic amines) is 1. The molecule has 2 aromatic heterocycles. The second-order valence-electron chi connectivity index (χ2n) is 7.73. The van der Waals surface area contributed by atoms with Crippen molar-refractivity contribution in [2.45, 2.75) is 25.8 Å². The predicted molar refractivity (Wildman–Crippen MR) is 111 cm³/mol. The SMILES string of the molecule is C[C@@H]1CC[C@@H](COc2ccc(F)cn2)CN1C(=O)c1cc(C(=O)O)ccc1-n1nccn1. The quantitative estimate of drug-likeness (QED) is 0.629. The summed E-state index contributed by atoms with van der Waals surface area (Å²) in [6, 6.07) is 7.02. The van der Waals surface area contributed by atoms with Gasteiger partial charge in [0.1, 0.15) is 5.82 Å². The van der Waals surface area contributed by atoms with Gasteiger partial charge >= 0.3 is 5.97 Å². The summed E-state index contributed by atoms with van der Waals surface area (Å²) in [5.74, 6) is -1.48. The lowest BCUT2D eigenvalue weighted by Gasteiger charge is -2.38. The van der Waals surface area contributed by atoms with E-state index in [2.05, 4.69) is 15.2 Å². The lowest BCUT2D eigenvalue weighted by molar-refractivity contribution is 0.0502. The minimum Gasteiger partial charge on any atom is -0.478 e. The first-order chi connectivity index (χ1) is 15.4. The highest BCUT2D eigenvalue weighted by Gasteiger charge is 2.32. The van der Waals surface area contributed by atoms with Crippen molar-refractivity contribution in [2.24, 2.45) is 5.92 Å². The number of amides is 1. The normalized spacial score (nSPS) is 18.4. The summed E-state index contributed by atoms with van der Waals surface area (Å²) in [5.41, 5.74) is 0.636. The van der Waals surface area contributed by atoms with Gasteiger partial charge in [0.25, 0.3) is 5.91 Å². The van der Waals surface area contributed by atoms with E-state index in [1.807, 2.05) is 6.92 Å². The Morgan fingerprint density at radius 1 is 1.19 bits per heavy atom. The number of halogens is 1. The first-order valence-electron chi connectivity index (χ1n) is 10.2. The van der Waals surface area contributed by atoms with Crippen LogP contribution in [-0.2, 0) is 0 Å². The Kier molecular flexibility index (Phi) is 6.11. The summed E-state index contributed by atoms with van der Waals surface area (Å²) in [6.45, 7) is 2.73. The van der Waals surface area contributed by atoms with Crippen LogP contribution in [0.2, 0.25) is 0 Å². The van der Waals surface area contributed by atoms with Crippen molar-refractivity contribution in [3.05, 3.63) is 65.9 Å².